The molecule has 0 unspecified atom stereocenters. The lowest BCUT2D eigenvalue weighted by molar-refractivity contribution is 0.0945. The molecule has 0 aliphatic carbocycles. The van der Waals surface area contributed by atoms with E-state index < -0.39 is 0 Å². The van der Waals surface area contributed by atoms with Crippen LogP contribution in [-0.4, -0.2) is 35.6 Å². The molecule has 0 spiro atoms. The van der Waals surface area contributed by atoms with E-state index in [1.54, 1.807) is 24.1 Å². The lowest BCUT2D eigenvalue weighted by Crippen LogP contribution is -2.27. The van der Waals surface area contributed by atoms with Crippen LogP contribution in [0.2, 0.25) is 0 Å². The molecule has 78 valence electrons. The van der Waals surface area contributed by atoms with Crippen molar-refractivity contribution in [3.63, 3.8) is 0 Å². The number of amides is 1. The molecule has 0 saturated carbocycles. The standard InChI is InChI=1S/C9H16N4O/c1-10-4-3-5-12-9(14)8-6-11-7-13(8)2/h6-7,10H,3-5H2,1-2H3,(H,12,14). The van der Waals surface area contributed by atoms with E-state index >= 15 is 0 Å². The van der Waals surface area contributed by atoms with Gasteiger partial charge >= 0.3 is 0 Å². The van der Waals surface area contributed by atoms with Crippen molar-refractivity contribution in [3.8, 4) is 0 Å². The first-order chi connectivity index (χ1) is 6.75. The van der Waals surface area contributed by atoms with E-state index in [4.69, 9.17) is 0 Å². The third-order valence-corrected chi connectivity index (χ3v) is 1.94. The van der Waals surface area contributed by atoms with Gasteiger partial charge in [-0.3, -0.25) is 4.79 Å². The summed E-state index contributed by atoms with van der Waals surface area (Å²) in [5.74, 6) is -0.0684. The van der Waals surface area contributed by atoms with Gasteiger partial charge in [-0.15, -0.1) is 0 Å². The van der Waals surface area contributed by atoms with Crippen molar-refractivity contribution < 1.29 is 4.79 Å². The molecule has 0 aromatic carbocycles. The Balaban J connectivity index is 2.32. The van der Waals surface area contributed by atoms with Gasteiger partial charge in [-0.05, 0) is 20.0 Å². The molecule has 1 rings (SSSR count). The SMILES string of the molecule is CNCCCNC(=O)c1cncn1C. The number of nitrogens with zero attached hydrogens (tertiary/aromatic N) is 2. The monoisotopic (exact) mass is 196 g/mol. The maximum atomic E-state index is 11.5. The summed E-state index contributed by atoms with van der Waals surface area (Å²) in [6.45, 7) is 1.59. The Bertz CT molecular complexity index is 295. The van der Waals surface area contributed by atoms with E-state index in [9.17, 15) is 4.79 Å². The molecular weight excluding hydrogens is 180 g/mol. The van der Waals surface area contributed by atoms with E-state index in [1.807, 2.05) is 7.05 Å². The van der Waals surface area contributed by atoms with Crippen LogP contribution in [0.5, 0.6) is 0 Å². The summed E-state index contributed by atoms with van der Waals surface area (Å²) in [5, 5.41) is 5.84. The number of imidazole rings is 1. The van der Waals surface area contributed by atoms with Gasteiger partial charge in [0.25, 0.3) is 5.91 Å². The number of carbonyl (C=O) groups excluding carboxylic acids is 1. The van der Waals surface area contributed by atoms with Gasteiger partial charge in [-0.1, -0.05) is 0 Å². The first kappa shape index (κ1) is 10.7. The molecule has 0 fully saturated rings. The van der Waals surface area contributed by atoms with Crippen LogP contribution in [0.3, 0.4) is 0 Å². The number of hydrogen-bond acceptors (Lipinski definition) is 3. The van der Waals surface area contributed by atoms with Crippen molar-refractivity contribution in [2.45, 2.75) is 6.42 Å². The van der Waals surface area contributed by atoms with Crippen molar-refractivity contribution in [1.82, 2.24) is 20.2 Å². The van der Waals surface area contributed by atoms with Gasteiger partial charge in [-0.25, -0.2) is 4.98 Å². The van der Waals surface area contributed by atoms with Crippen LogP contribution in [0, 0.1) is 0 Å². The molecule has 14 heavy (non-hydrogen) atoms. The van der Waals surface area contributed by atoms with Gasteiger partial charge in [0, 0.05) is 13.6 Å². The molecule has 1 heterocycles. The van der Waals surface area contributed by atoms with Crippen LogP contribution in [0.4, 0.5) is 0 Å². The van der Waals surface area contributed by atoms with Crippen molar-refractivity contribution in [1.29, 1.82) is 0 Å². The lowest BCUT2D eigenvalue weighted by Gasteiger charge is -2.04. The van der Waals surface area contributed by atoms with Crippen molar-refractivity contribution >= 4 is 5.91 Å². The van der Waals surface area contributed by atoms with E-state index in [-0.39, 0.29) is 5.91 Å². The number of carbonyl (C=O) groups is 1. The summed E-state index contributed by atoms with van der Waals surface area (Å²) < 4.78 is 1.70. The third-order valence-electron chi connectivity index (χ3n) is 1.94. The van der Waals surface area contributed by atoms with Crippen LogP contribution < -0.4 is 10.6 Å². The number of hydrogen-bond donors (Lipinski definition) is 2. The Morgan fingerprint density at radius 2 is 2.36 bits per heavy atom. The largest absolute Gasteiger partial charge is 0.351 e. The van der Waals surface area contributed by atoms with Gasteiger partial charge in [-0.2, -0.15) is 0 Å². The summed E-state index contributed by atoms with van der Waals surface area (Å²) in [6.07, 6.45) is 4.11. The number of rotatable bonds is 5. The van der Waals surface area contributed by atoms with Gasteiger partial charge in [0.05, 0.1) is 12.5 Å². The van der Waals surface area contributed by atoms with Crippen LogP contribution >= 0.6 is 0 Å². The molecular formula is C9H16N4O. The Morgan fingerprint density at radius 3 is 2.93 bits per heavy atom. The van der Waals surface area contributed by atoms with E-state index in [2.05, 4.69) is 15.6 Å². The Kier molecular flexibility index (Phi) is 4.12. The predicted octanol–water partition coefficient (Wildman–Crippen LogP) is -0.241. The average molecular weight is 196 g/mol. The molecule has 0 aliphatic rings. The lowest BCUT2D eigenvalue weighted by atomic mass is 10.4. The molecule has 2 N–H and O–H groups in total. The normalized spacial score (nSPS) is 10.1. The predicted molar refractivity (Wildman–Crippen MR) is 54.1 cm³/mol. The van der Waals surface area contributed by atoms with Gasteiger partial charge in [0.1, 0.15) is 5.69 Å². The van der Waals surface area contributed by atoms with Gasteiger partial charge < -0.3 is 15.2 Å². The van der Waals surface area contributed by atoms with E-state index in [0.29, 0.717) is 12.2 Å². The fraction of sp³-hybridized carbons (Fsp3) is 0.556. The topological polar surface area (TPSA) is 58.9 Å². The molecule has 0 atom stereocenters. The van der Waals surface area contributed by atoms with Crippen LogP contribution in [0.15, 0.2) is 12.5 Å². The Morgan fingerprint density at radius 1 is 1.57 bits per heavy atom. The van der Waals surface area contributed by atoms with Gasteiger partial charge in [0.15, 0.2) is 0 Å². The average Bonchev–Trinajstić information content (AvgIpc) is 2.59. The number of nitrogens with one attached hydrogen (secondary N) is 2. The van der Waals surface area contributed by atoms with Crippen molar-refractivity contribution in [2.24, 2.45) is 7.05 Å². The van der Waals surface area contributed by atoms with Crippen LogP contribution in [0.1, 0.15) is 16.9 Å². The zero-order valence-electron chi connectivity index (χ0n) is 8.58. The highest BCUT2D eigenvalue weighted by Crippen LogP contribution is 1.95. The zero-order valence-corrected chi connectivity index (χ0v) is 8.58. The second-order valence-electron chi connectivity index (χ2n) is 3.10. The molecule has 1 aromatic rings. The Labute approximate surface area is 83.5 Å². The summed E-state index contributed by atoms with van der Waals surface area (Å²) >= 11 is 0. The fourth-order valence-electron chi connectivity index (χ4n) is 1.13. The number of aryl methyl sites for hydroxylation is 1. The zero-order chi connectivity index (χ0) is 10.4. The first-order valence-electron chi connectivity index (χ1n) is 4.65. The minimum absolute atomic E-state index is 0.0684. The fourth-order valence-corrected chi connectivity index (χ4v) is 1.13. The van der Waals surface area contributed by atoms with Gasteiger partial charge in [0.2, 0.25) is 0 Å². The molecule has 5 nitrogen and oxygen atoms in total. The molecule has 5 heteroatoms. The van der Waals surface area contributed by atoms with Crippen LogP contribution in [0.25, 0.3) is 0 Å². The maximum absolute atomic E-state index is 11.5. The molecule has 0 aliphatic heterocycles. The molecule has 0 radical (unpaired) electrons. The van der Waals surface area contributed by atoms with Crippen molar-refractivity contribution in [3.05, 3.63) is 18.2 Å². The third kappa shape index (κ3) is 2.85. The molecule has 0 bridgehead atoms. The summed E-state index contributed by atoms with van der Waals surface area (Å²) in [7, 11) is 3.69. The maximum Gasteiger partial charge on any atom is 0.269 e. The van der Waals surface area contributed by atoms with Crippen molar-refractivity contribution in [2.75, 3.05) is 20.1 Å². The summed E-state index contributed by atoms with van der Waals surface area (Å²) in [6, 6.07) is 0. The molecule has 0 saturated heterocycles. The Hall–Kier alpha value is -1.36. The van der Waals surface area contributed by atoms with Crippen LogP contribution in [-0.2, 0) is 7.05 Å². The highest BCUT2D eigenvalue weighted by atomic mass is 16.1. The van der Waals surface area contributed by atoms with E-state index in [1.165, 1.54) is 0 Å². The highest BCUT2D eigenvalue weighted by molar-refractivity contribution is 5.92. The summed E-state index contributed by atoms with van der Waals surface area (Å²) in [4.78, 5) is 15.4. The minimum atomic E-state index is -0.0684. The summed E-state index contributed by atoms with van der Waals surface area (Å²) in [5.41, 5.74) is 0.592. The second-order valence-corrected chi connectivity index (χ2v) is 3.10. The van der Waals surface area contributed by atoms with E-state index in [0.717, 1.165) is 13.0 Å². The molecule has 1 amide bonds. The highest BCUT2D eigenvalue weighted by Gasteiger charge is 2.07. The quantitative estimate of drug-likeness (QED) is 0.639. The minimum Gasteiger partial charge on any atom is -0.351 e. The second kappa shape index (κ2) is 5.39. The number of aromatic nitrogens is 2. The molecule has 1 aromatic heterocycles. The smallest absolute Gasteiger partial charge is 0.269 e. The first-order valence-corrected chi connectivity index (χ1v) is 4.65.